The fourth-order valence-corrected chi connectivity index (χ4v) is 3.50. The van der Waals surface area contributed by atoms with E-state index in [2.05, 4.69) is 21.8 Å². The van der Waals surface area contributed by atoms with Crippen LogP contribution in [0.15, 0.2) is 18.6 Å². The van der Waals surface area contributed by atoms with Crippen LogP contribution in [0.25, 0.3) is 11.0 Å². The largest absolute Gasteiger partial charge is 0.376 e. The molecule has 1 aliphatic heterocycles. The molecule has 2 aromatic heterocycles. The third-order valence-corrected chi connectivity index (χ3v) is 5.02. The number of aliphatic hydroxyl groups excluding tert-OH is 1. The maximum absolute atomic E-state index is 12.1. The lowest BCUT2D eigenvalue weighted by molar-refractivity contribution is -0.131. The molecule has 0 saturated carbocycles. The summed E-state index contributed by atoms with van der Waals surface area (Å²) in [6, 6.07) is 3.93. The molecule has 3 rings (SSSR count). The van der Waals surface area contributed by atoms with Gasteiger partial charge in [-0.2, -0.15) is 5.26 Å². The van der Waals surface area contributed by atoms with Crippen LogP contribution in [-0.2, 0) is 11.5 Å². The molecule has 0 aromatic carbocycles. The summed E-state index contributed by atoms with van der Waals surface area (Å²) < 4.78 is 1.65. The van der Waals surface area contributed by atoms with Crippen molar-refractivity contribution >= 4 is 22.8 Å². The van der Waals surface area contributed by atoms with Crippen molar-refractivity contribution in [3.05, 3.63) is 18.6 Å². The summed E-state index contributed by atoms with van der Waals surface area (Å²) in [5.41, 5.74) is 0.681. The van der Waals surface area contributed by atoms with Crippen LogP contribution in [0.1, 0.15) is 19.8 Å². The molecular formula is C17H22N6O2. The first kappa shape index (κ1) is 17.2. The summed E-state index contributed by atoms with van der Waals surface area (Å²) in [6.45, 7) is 3.29. The molecule has 0 unspecified atom stereocenters. The number of aliphatic hydroxyl groups is 1. The highest BCUT2D eigenvalue weighted by Gasteiger charge is 2.32. The molecule has 25 heavy (non-hydrogen) atoms. The van der Waals surface area contributed by atoms with Gasteiger partial charge < -0.3 is 19.5 Å². The van der Waals surface area contributed by atoms with E-state index in [0.717, 1.165) is 17.6 Å². The van der Waals surface area contributed by atoms with E-state index in [9.17, 15) is 9.90 Å². The lowest BCUT2D eigenvalue weighted by Crippen LogP contribution is -2.52. The number of hydrogen-bond acceptors (Lipinski definition) is 6. The van der Waals surface area contributed by atoms with E-state index in [0.29, 0.717) is 24.7 Å². The molecule has 2 aromatic rings. The van der Waals surface area contributed by atoms with Gasteiger partial charge in [0.15, 0.2) is 0 Å². The average molecular weight is 342 g/mol. The molecule has 1 saturated heterocycles. The molecule has 0 spiro atoms. The molecule has 1 fully saturated rings. The topological polar surface area (TPSA) is 98.3 Å². The standard InChI is InChI=1S/C17H22N6O2/c1-12-4-7-22(15(25)3-6-18)9-14(12)21(2)16-13-5-8-23(11-24)17(13)20-10-19-16/h5,8,10,12,14,24H,3-4,7,9,11H2,1-2H3/t12-,14+/m1/s1. The van der Waals surface area contributed by atoms with Gasteiger partial charge in [-0.1, -0.05) is 6.92 Å². The van der Waals surface area contributed by atoms with E-state index >= 15 is 0 Å². The molecule has 0 bridgehead atoms. The molecule has 0 aliphatic carbocycles. The average Bonchev–Trinajstić information content (AvgIpc) is 3.05. The normalized spacial score (nSPS) is 20.5. The number of likely N-dealkylation sites (N-methyl/N-ethyl adjacent to an activating group) is 1. The Morgan fingerprint density at radius 1 is 1.52 bits per heavy atom. The number of nitrogens with zero attached hydrogens (tertiary/aromatic N) is 6. The van der Waals surface area contributed by atoms with Crippen LogP contribution in [0.4, 0.5) is 5.82 Å². The fraction of sp³-hybridized carbons (Fsp3) is 0.529. The Morgan fingerprint density at radius 2 is 2.32 bits per heavy atom. The number of likely N-dealkylation sites (tertiary alicyclic amines) is 1. The van der Waals surface area contributed by atoms with Gasteiger partial charge in [0.2, 0.25) is 5.91 Å². The Balaban J connectivity index is 1.89. The number of nitriles is 1. The van der Waals surface area contributed by atoms with Gasteiger partial charge in [0.25, 0.3) is 0 Å². The number of aromatic nitrogens is 3. The van der Waals surface area contributed by atoms with Crippen LogP contribution < -0.4 is 4.90 Å². The highest BCUT2D eigenvalue weighted by atomic mass is 16.3. The van der Waals surface area contributed by atoms with E-state index in [1.54, 1.807) is 15.7 Å². The van der Waals surface area contributed by atoms with Crippen LogP contribution in [0, 0.1) is 17.2 Å². The second kappa shape index (κ2) is 7.07. The molecule has 0 radical (unpaired) electrons. The minimum atomic E-state index is -0.139. The molecule has 1 aliphatic rings. The predicted octanol–water partition coefficient (Wildman–Crippen LogP) is 0.968. The molecule has 8 heteroatoms. The van der Waals surface area contributed by atoms with Gasteiger partial charge >= 0.3 is 0 Å². The third kappa shape index (κ3) is 3.15. The Hall–Kier alpha value is -2.66. The minimum absolute atomic E-state index is 0.0814. The number of carbonyl (C=O) groups is 1. The van der Waals surface area contributed by atoms with Crippen LogP contribution in [0.3, 0.4) is 0 Å². The van der Waals surface area contributed by atoms with Crippen LogP contribution in [0.5, 0.6) is 0 Å². The maximum Gasteiger partial charge on any atom is 0.236 e. The Bertz CT molecular complexity index is 811. The highest BCUT2D eigenvalue weighted by molar-refractivity contribution is 5.88. The van der Waals surface area contributed by atoms with E-state index in [4.69, 9.17) is 5.26 Å². The molecule has 2 atom stereocenters. The first-order chi connectivity index (χ1) is 12.1. The maximum atomic E-state index is 12.1. The van der Waals surface area contributed by atoms with Crippen LogP contribution >= 0.6 is 0 Å². The molecule has 1 N–H and O–H groups in total. The zero-order valence-electron chi connectivity index (χ0n) is 14.5. The first-order valence-electron chi connectivity index (χ1n) is 8.35. The van der Waals surface area contributed by atoms with Crippen LogP contribution in [0.2, 0.25) is 0 Å². The summed E-state index contributed by atoms with van der Waals surface area (Å²) in [5.74, 6) is 1.05. The Morgan fingerprint density at radius 3 is 3.04 bits per heavy atom. The van der Waals surface area contributed by atoms with Crippen molar-refractivity contribution in [1.82, 2.24) is 19.4 Å². The number of piperidine rings is 1. The molecule has 3 heterocycles. The summed E-state index contributed by atoms with van der Waals surface area (Å²) in [4.78, 5) is 24.6. The van der Waals surface area contributed by atoms with Gasteiger partial charge in [-0.25, -0.2) is 9.97 Å². The molecular weight excluding hydrogens is 320 g/mol. The Labute approximate surface area is 146 Å². The second-order valence-electron chi connectivity index (χ2n) is 6.48. The summed E-state index contributed by atoms with van der Waals surface area (Å²) in [6.07, 6.45) is 4.08. The summed E-state index contributed by atoms with van der Waals surface area (Å²) >= 11 is 0. The van der Waals surface area contributed by atoms with Crippen molar-refractivity contribution in [1.29, 1.82) is 5.26 Å². The quantitative estimate of drug-likeness (QED) is 0.889. The van der Waals surface area contributed by atoms with Crippen molar-refractivity contribution in [3.63, 3.8) is 0 Å². The van der Waals surface area contributed by atoms with Crippen molar-refractivity contribution in [3.8, 4) is 6.07 Å². The molecule has 132 valence electrons. The number of carbonyl (C=O) groups excluding carboxylic acids is 1. The summed E-state index contributed by atoms with van der Waals surface area (Å²) in [7, 11) is 1.97. The predicted molar refractivity (Wildman–Crippen MR) is 92.5 cm³/mol. The van der Waals surface area contributed by atoms with Gasteiger partial charge in [-0.3, -0.25) is 4.79 Å². The Kier molecular flexibility index (Phi) is 4.86. The van der Waals surface area contributed by atoms with Crippen molar-refractivity contribution in [2.75, 3.05) is 25.0 Å². The number of anilines is 1. The van der Waals surface area contributed by atoms with Crippen molar-refractivity contribution in [2.45, 2.75) is 32.5 Å². The summed E-state index contributed by atoms with van der Waals surface area (Å²) in [5, 5.41) is 19.0. The number of amides is 1. The van der Waals surface area contributed by atoms with E-state index in [1.165, 1.54) is 6.33 Å². The SMILES string of the molecule is C[C@@H]1CCN(C(=O)CC#N)C[C@@H]1N(C)c1ncnc2c1ccn2CO. The van der Waals surface area contributed by atoms with Gasteiger partial charge in [-0.15, -0.1) is 0 Å². The van der Waals surface area contributed by atoms with Crippen molar-refractivity contribution in [2.24, 2.45) is 5.92 Å². The molecule has 1 amide bonds. The zero-order chi connectivity index (χ0) is 18.0. The van der Waals surface area contributed by atoms with Gasteiger partial charge in [-0.05, 0) is 18.4 Å². The highest BCUT2D eigenvalue weighted by Crippen LogP contribution is 2.29. The second-order valence-corrected chi connectivity index (χ2v) is 6.48. The number of rotatable bonds is 4. The van der Waals surface area contributed by atoms with E-state index in [1.807, 2.05) is 19.2 Å². The minimum Gasteiger partial charge on any atom is -0.376 e. The zero-order valence-corrected chi connectivity index (χ0v) is 14.5. The van der Waals surface area contributed by atoms with Gasteiger partial charge in [0.05, 0.1) is 17.5 Å². The van der Waals surface area contributed by atoms with Gasteiger partial charge in [0.1, 0.15) is 30.9 Å². The van der Waals surface area contributed by atoms with E-state index in [-0.39, 0.29) is 25.1 Å². The molecule has 8 nitrogen and oxygen atoms in total. The smallest absolute Gasteiger partial charge is 0.236 e. The number of hydrogen-bond donors (Lipinski definition) is 1. The lowest BCUT2D eigenvalue weighted by atomic mass is 9.92. The lowest BCUT2D eigenvalue weighted by Gasteiger charge is -2.42. The fourth-order valence-electron chi connectivity index (χ4n) is 3.50. The van der Waals surface area contributed by atoms with Crippen LogP contribution in [-0.4, -0.2) is 56.6 Å². The van der Waals surface area contributed by atoms with Crippen molar-refractivity contribution < 1.29 is 9.90 Å². The number of fused-ring (bicyclic) bond motifs is 1. The first-order valence-corrected chi connectivity index (χ1v) is 8.35. The van der Waals surface area contributed by atoms with E-state index < -0.39 is 0 Å². The van der Waals surface area contributed by atoms with Gasteiger partial charge in [0, 0.05) is 26.3 Å². The monoisotopic (exact) mass is 342 g/mol. The third-order valence-electron chi connectivity index (χ3n) is 5.02.